The summed E-state index contributed by atoms with van der Waals surface area (Å²) in [7, 11) is -4.55. The van der Waals surface area contributed by atoms with Crippen LogP contribution in [0.1, 0.15) is 16.7 Å². The molecule has 1 aliphatic heterocycles. The monoisotopic (exact) mass is 472 g/mol. The van der Waals surface area contributed by atoms with Crippen molar-refractivity contribution in [2.75, 3.05) is 0 Å². The molecule has 4 nitrogen and oxygen atoms in total. The minimum absolute atomic E-state index is 0.390. The molecule has 0 saturated heterocycles. The van der Waals surface area contributed by atoms with Crippen molar-refractivity contribution >= 4 is 31.7 Å². The van der Waals surface area contributed by atoms with Gasteiger partial charge >= 0.3 is 178 Å². The molecule has 4 rings (SSSR count). The van der Waals surface area contributed by atoms with Gasteiger partial charge in [-0.3, -0.25) is 0 Å². The van der Waals surface area contributed by atoms with E-state index in [4.69, 9.17) is 4.29 Å². The van der Waals surface area contributed by atoms with Crippen molar-refractivity contribution in [3.8, 4) is 0 Å². The Morgan fingerprint density at radius 2 is 1.14 bits per heavy atom. The molecule has 1 unspecified atom stereocenters. The third kappa shape index (κ3) is 4.69. The van der Waals surface area contributed by atoms with Crippen LogP contribution in [-0.2, 0) is 4.29 Å². The zero-order valence-electron chi connectivity index (χ0n) is 15.2. The van der Waals surface area contributed by atoms with Crippen LogP contribution in [0, 0.1) is 10.2 Å². The first kappa shape index (κ1) is 20.1. The third-order valence-electron chi connectivity index (χ3n) is 4.51. The van der Waals surface area contributed by atoms with Gasteiger partial charge in [0.05, 0.1) is 0 Å². The summed E-state index contributed by atoms with van der Waals surface area (Å²) in [5, 5.41) is -0.836. The summed E-state index contributed by atoms with van der Waals surface area (Å²) >= 11 is -0.390. The fourth-order valence-corrected chi connectivity index (χ4v) is 6.38. The molecule has 0 spiro atoms. The van der Waals surface area contributed by atoms with Gasteiger partial charge in [-0.05, 0) is 0 Å². The van der Waals surface area contributed by atoms with E-state index in [0.29, 0.717) is 5.57 Å². The molecule has 0 aromatic heterocycles. The molecule has 1 atom stereocenters. The summed E-state index contributed by atoms with van der Waals surface area (Å²) in [6.07, 6.45) is 0. The molecule has 0 N–H and O–H groups in total. The van der Waals surface area contributed by atoms with E-state index in [1.807, 2.05) is 96.0 Å². The molecule has 0 amide bonds. The predicted octanol–water partition coefficient (Wildman–Crippen LogP) is 1.60. The van der Waals surface area contributed by atoms with Gasteiger partial charge in [0.2, 0.25) is 0 Å². The molecule has 1 heterocycles. The average Bonchev–Trinajstić information content (AvgIpc) is 2.74. The normalized spacial score (nSPS) is 17.2. The molecule has 0 aliphatic carbocycles. The second-order valence-corrected chi connectivity index (χ2v) is 9.25. The molecule has 6 heteroatoms. The van der Waals surface area contributed by atoms with Crippen molar-refractivity contribution in [2.45, 2.75) is 5.00 Å². The quantitative estimate of drug-likeness (QED) is 0.530. The van der Waals surface area contributed by atoms with Crippen molar-refractivity contribution in [1.82, 2.24) is 0 Å². The van der Waals surface area contributed by atoms with Gasteiger partial charge in [0.1, 0.15) is 0 Å². The molecule has 0 saturated carbocycles. The molecule has 1 aliphatic rings. The second kappa shape index (κ2) is 8.66. The zero-order valence-corrected chi connectivity index (χ0v) is 17.7. The van der Waals surface area contributed by atoms with Gasteiger partial charge < -0.3 is 0 Å². The molecule has 0 fully saturated rings. The van der Waals surface area contributed by atoms with Crippen LogP contribution < -0.4 is 14.0 Å². The van der Waals surface area contributed by atoms with E-state index in [2.05, 4.69) is 0 Å². The van der Waals surface area contributed by atoms with Gasteiger partial charge in [-0.15, -0.1) is 0 Å². The summed E-state index contributed by atoms with van der Waals surface area (Å²) in [6, 6.07) is 29.2. The maximum atomic E-state index is 11.4. The van der Waals surface area contributed by atoms with E-state index in [1.54, 1.807) is 0 Å². The first-order valence-corrected chi connectivity index (χ1v) is 12.1. The first-order valence-electron chi connectivity index (χ1n) is 8.88. The Balaban J connectivity index is 1.98. The van der Waals surface area contributed by atoms with Crippen LogP contribution in [0.4, 0.5) is 0 Å². The van der Waals surface area contributed by atoms with E-state index in [-0.39, 0.29) is 15.0 Å². The van der Waals surface area contributed by atoms with Gasteiger partial charge in [-0.25, -0.2) is 0 Å². The van der Waals surface area contributed by atoms with E-state index in [0.717, 1.165) is 27.8 Å². The fraction of sp³-hybridized carbons (Fsp3) is 0.0435. The maximum absolute atomic E-state index is 11.4. The van der Waals surface area contributed by atoms with Crippen molar-refractivity contribution in [1.29, 1.82) is 0 Å². The van der Waals surface area contributed by atoms with Gasteiger partial charge in [0.15, 0.2) is 0 Å². The first-order chi connectivity index (χ1) is 14.0. The zero-order chi connectivity index (χ0) is 20.3. The van der Waals surface area contributed by atoms with Crippen LogP contribution in [0.15, 0.2) is 96.0 Å². The number of allylic oxidation sites excluding steroid dienone is 2. The van der Waals surface area contributed by atoms with Gasteiger partial charge in [0, 0.05) is 0 Å². The van der Waals surface area contributed by atoms with E-state index in [9.17, 15) is 14.0 Å². The Morgan fingerprint density at radius 1 is 0.655 bits per heavy atom. The van der Waals surface area contributed by atoms with E-state index in [1.165, 1.54) is 0 Å². The molecule has 0 radical (unpaired) electrons. The van der Waals surface area contributed by atoms with E-state index < -0.39 is 15.2 Å². The number of hydrogen-bond donors (Lipinski definition) is 0. The van der Waals surface area contributed by atoms with E-state index >= 15 is 0 Å². The summed E-state index contributed by atoms with van der Waals surface area (Å²) in [5.74, 6) is 0. The molecule has 29 heavy (non-hydrogen) atoms. The van der Waals surface area contributed by atoms with Crippen LogP contribution in [0.2, 0.25) is 0 Å². The number of benzene rings is 3. The predicted molar refractivity (Wildman–Crippen MR) is 105 cm³/mol. The SMILES string of the molecule is [O-][Cl+3]([O-])([O-])OC1[Se]C=C(c2ccccc2)C(c2ccccc2)=C1c1ccccc1. The summed E-state index contributed by atoms with van der Waals surface area (Å²) < 4.78 is 39.3. The Bertz CT molecular complexity index is 1030. The minimum atomic E-state index is -4.55. The Morgan fingerprint density at radius 3 is 1.66 bits per heavy atom. The molecular formula is C23H17ClO4Se. The number of rotatable bonds is 5. The number of halogens is 1. The second-order valence-electron chi connectivity index (χ2n) is 6.35. The summed E-state index contributed by atoms with van der Waals surface area (Å²) in [4.78, 5) is 2.00. The van der Waals surface area contributed by atoms with Crippen molar-refractivity contribution in [3.63, 3.8) is 0 Å². The molecule has 146 valence electrons. The summed E-state index contributed by atoms with van der Waals surface area (Å²) in [6.45, 7) is 0. The Labute approximate surface area is 177 Å². The van der Waals surface area contributed by atoms with Crippen LogP contribution in [0.25, 0.3) is 16.7 Å². The topological polar surface area (TPSA) is 78.4 Å². The molecule has 3 aromatic carbocycles. The number of hydrogen-bond acceptors (Lipinski definition) is 4. The van der Waals surface area contributed by atoms with Gasteiger partial charge in [-0.2, -0.15) is 0 Å². The van der Waals surface area contributed by atoms with Gasteiger partial charge in [-0.1, -0.05) is 0 Å². The Kier molecular flexibility index (Phi) is 5.99. The standard InChI is InChI=1S/C23H17ClO4Se/c25-24(26,27)28-23-22(19-14-8-3-9-15-19)21(18-12-6-2-7-13-18)20(16-29-23)17-10-4-1-5-11-17/h1-16,23H. The van der Waals surface area contributed by atoms with Crippen LogP contribution in [0.3, 0.4) is 0 Å². The van der Waals surface area contributed by atoms with Crippen molar-refractivity contribution in [2.24, 2.45) is 0 Å². The third-order valence-corrected chi connectivity index (χ3v) is 7.14. The molecule has 3 aromatic rings. The molecular weight excluding hydrogens is 455 g/mol. The van der Waals surface area contributed by atoms with Crippen LogP contribution in [-0.4, -0.2) is 20.0 Å². The Hall–Kier alpha value is -2.21. The van der Waals surface area contributed by atoms with Crippen LogP contribution >= 0.6 is 0 Å². The average molecular weight is 472 g/mol. The van der Waals surface area contributed by atoms with Crippen molar-refractivity contribution in [3.05, 3.63) is 113 Å². The van der Waals surface area contributed by atoms with Crippen LogP contribution in [0.5, 0.6) is 0 Å². The summed E-state index contributed by atoms with van der Waals surface area (Å²) in [5.41, 5.74) is 5.40. The fourth-order valence-electron chi connectivity index (χ4n) is 3.33. The molecule has 0 bridgehead atoms. The van der Waals surface area contributed by atoms with Gasteiger partial charge in [0.25, 0.3) is 0 Å². The van der Waals surface area contributed by atoms with Crippen molar-refractivity contribution < 1.29 is 28.5 Å².